The van der Waals surface area contributed by atoms with Crippen LogP contribution in [0.1, 0.15) is 45.7 Å². The smallest absolute Gasteiger partial charge is 0.123 e. The maximum atomic E-state index is 13.5. The van der Waals surface area contributed by atoms with Crippen LogP contribution in [0.2, 0.25) is 0 Å². The van der Waals surface area contributed by atoms with Crippen molar-refractivity contribution >= 4 is 0 Å². The molecule has 1 N–H and O–H groups in total. The molecule has 0 aliphatic heterocycles. The lowest BCUT2D eigenvalue weighted by molar-refractivity contribution is 0.0727. The molecule has 0 amide bonds. The maximum absolute atomic E-state index is 13.5. The topological polar surface area (TPSA) is 15.3 Å². The monoisotopic (exact) mass is 266 g/mol. The molecule has 19 heavy (non-hydrogen) atoms. The van der Waals surface area contributed by atoms with Gasteiger partial charge in [-0.1, -0.05) is 32.9 Å². The molecule has 1 aromatic carbocycles. The third-order valence-electron chi connectivity index (χ3n) is 4.29. The summed E-state index contributed by atoms with van der Waals surface area (Å²) in [5.41, 5.74) is 0.991. The van der Waals surface area contributed by atoms with E-state index >= 15 is 0 Å². The van der Waals surface area contributed by atoms with Crippen LogP contribution in [-0.2, 0) is 0 Å². The van der Waals surface area contributed by atoms with Gasteiger partial charge in [0.2, 0.25) is 0 Å². The van der Waals surface area contributed by atoms with Gasteiger partial charge in [0.25, 0.3) is 0 Å². The van der Waals surface area contributed by atoms with Crippen molar-refractivity contribution in [2.45, 2.75) is 45.7 Å². The Labute approximate surface area is 117 Å². The average Bonchev–Trinajstić information content (AvgIpc) is 2.41. The number of hydrogen-bond donors (Lipinski definition) is 1. The van der Waals surface area contributed by atoms with Crippen LogP contribution in [0, 0.1) is 5.82 Å². The van der Waals surface area contributed by atoms with E-state index in [1.807, 2.05) is 13.1 Å². The molecule has 0 bridgehead atoms. The van der Waals surface area contributed by atoms with Crippen molar-refractivity contribution in [3.05, 3.63) is 35.6 Å². The molecule has 108 valence electrons. The van der Waals surface area contributed by atoms with Gasteiger partial charge in [-0.25, -0.2) is 4.39 Å². The van der Waals surface area contributed by atoms with E-state index < -0.39 is 0 Å². The Morgan fingerprint density at radius 2 is 1.89 bits per heavy atom. The van der Waals surface area contributed by atoms with Gasteiger partial charge < -0.3 is 5.32 Å². The van der Waals surface area contributed by atoms with E-state index in [-0.39, 0.29) is 17.4 Å². The summed E-state index contributed by atoms with van der Waals surface area (Å²) in [6.45, 7) is 10.8. The minimum atomic E-state index is -0.171. The molecular weight excluding hydrogens is 239 g/mol. The highest BCUT2D eigenvalue weighted by Gasteiger charge is 2.37. The number of rotatable bonds is 7. The van der Waals surface area contributed by atoms with E-state index in [0.717, 1.165) is 25.1 Å². The highest BCUT2D eigenvalue weighted by atomic mass is 19.1. The van der Waals surface area contributed by atoms with Gasteiger partial charge in [-0.05, 0) is 51.2 Å². The molecule has 1 aromatic rings. The molecule has 0 aliphatic rings. The summed E-state index contributed by atoms with van der Waals surface area (Å²) in [5.74, 6) is -0.171. The van der Waals surface area contributed by atoms with Crippen LogP contribution in [0.15, 0.2) is 24.3 Å². The first kappa shape index (κ1) is 16.1. The van der Waals surface area contributed by atoms with Crippen LogP contribution >= 0.6 is 0 Å². The van der Waals surface area contributed by atoms with E-state index in [9.17, 15) is 4.39 Å². The quantitative estimate of drug-likeness (QED) is 0.811. The summed E-state index contributed by atoms with van der Waals surface area (Å²) in [7, 11) is 1.95. The zero-order valence-electron chi connectivity index (χ0n) is 12.8. The van der Waals surface area contributed by atoms with Gasteiger partial charge in [-0.3, -0.25) is 4.90 Å². The number of hydrogen-bond acceptors (Lipinski definition) is 2. The molecule has 0 spiro atoms. The lowest BCUT2D eigenvalue weighted by Gasteiger charge is -2.46. The third-order valence-corrected chi connectivity index (χ3v) is 4.29. The zero-order valence-corrected chi connectivity index (χ0v) is 12.8. The lowest BCUT2D eigenvalue weighted by Crippen LogP contribution is -2.53. The second kappa shape index (κ2) is 7.01. The van der Waals surface area contributed by atoms with E-state index in [0.29, 0.717) is 0 Å². The van der Waals surface area contributed by atoms with Gasteiger partial charge in [0, 0.05) is 5.54 Å². The second-order valence-electron chi connectivity index (χ2n) is 5.16. The molecule has 3 heteroatoms. The van der Waals surface area contributed by atoms with Crippen molar-refractivity contribution in [3.63, 3.8) is 0 Å². The van der Waals surface area contributed by atoms with Crippen molar-refractivity contribution in [2.24, 2.45) is 0 Å². The molecule has 0 saturated carbocycles. The van der Waals surface area contributed by atoms with Crippen molar-refractivity contribution in [3.8, 4) is 0 Å². The number of likely N-dealkylation sites (N-methyl/N-ethyl adjacent to an activating group) is 2. The molecule has 0 heterocycles. The van der Waals surface area contributed by atoms with Crippen LogP contribution in [0.3, 0.4) is 0 Å². The summed E-state index contributed by atoms with van der Waals surface area (Å²) in [5, 5.41) is 3.38. The number of nitrogens with one attached hydrogen (secondary N) is 1. The van der Waals surface area contributed by atoms with Gasteiger partial charge >= 0.3 is 0 Å². The Morgan fingerprint density at radius 3 is 2.32 bits per heavy atom. The summed E-state index contributed by atoms with van der Waals surface area (Å²) in [6, 6.07) is 7.04. The predicted molar refractivity (Wildman–Crippen MR) is 79.8 cm³/mol. The molecule has 2 nitrogen and oxygen atoms in total. The average molecular weight is 266 g/mol. The van der Waals surface area contributed by atoms with Crippen LogP contribution in [0.25, 0.3) is 0 Å². The first-order chi connectivity index (χ1) is 9.03. The standard InChI is InChI=1S/C16H27FN2/c1-6-16(4,19(7-2)8-3)15(18-5)13-10-9-11-14(17)12-13/h9-12,15,18H,6-8H2,1-5H3. The van der Waals surface area contributed by atoms with Crippen molar-refractivity contribution < 1.29 is 4.39 Å². The summed E-state index contributed by atoms with van der Waals surface area (Å²) >= 11 is 0. The van der Waals surface area contributed by atoms with Crippen LogP contribution in [0.4, 0.5) is 4.39 Å². The number of halogens is 1. The molecule has 1 rings (SSSR count). The molecule has 0 aromatic heterocycles. The van der Waals surface area contributed by atoms with Crippen LogP contribution in [-0.4, -0.2) is 30.6 Å². The molecule has 2 atom stereocenters. The fourth-order valence-corrected chi connectivity index (χ4v) is 3.08. The highest BCUT2D eigenvalue weighted by Crippen LogP contribution is 2.34. The maximum Gasteiger partial charge on any atom is 0.123 e. The Kier molecular flexibility index (Phi) is 5.95. The van der Waals surface area contributed by atoms with E-state index in [1.165, 1.54) is 6.07 Å². The number of benzene rings is 1. The number of nitrogens with zero attached hydrogens (tertiary/aromatic N) is 1. The molecule has 0 radical (unpaired) electrons. The Bertz CT molecular complexity index is 390. The van der Waals surface area contributed by atoms with Crippen molar-refractivity contribution in [1.29, 1.82) is 0 Å². The molecule has 0 fully saturated rings. The van der Waals surface area contributed by atoms with Gasteiger partial charge in [0.1, 0.15) is 5.82 Å². The Balaban J connectivity index is 3.18. The Hall–Kier alpha value is -0.930. The molecule has 0 saturated heterocycles. The van der Waals surface area contributed by atoms with E-state index in [2.05, 4.69) is 37.9 Å². The van der Waals surface area contributed by atoms with E-state index in [4.69, 9.17) is 0 Å². The first-order valence-corrected chi connectivity index (χ1v) is 7.21. The van der Waals surface area contributed by atoms with Gasteiger partial charge in [0.15, 0.2) is 0 Å². The fourth-order valence-electron chi connectivity index (χ4n) is 3.08. The van der Waals surface area contributed by atoms with Gasteiger partial charge in [0.05, 0.1) is 6.04 Å². The second-order valence-corrected chi connectivity index (χ2v) is 5.16. The minimum Gasteiger partial charge on any atom is -0.311 e. The third kappa shape index (κ3) is 3.34. The zero-order chi connectivity index (χ0) is 14.5. The van der Waals surface area contributed by atoms with E-state index in [1.54, 1.807) is 12.1 Å². The van der Waals surface area contributed by atoms with Crippen molar-refractivity contribution in [1.82, 2.24) is 10.2 Å². The Morgan fingerprint density at radius 1 is 1.26 bits per heavy atom. The van der Waals surface area contributed by atoms with Crippen molar-refractivity contribution in [2.75, 3.05) is 20.1 Å². The molecular formula is C16H27FN2. The first-order valence-electron chi connectivity index (χ1n) is 7.21. The highest BCUT2D eigenvalue weighted by molar-refractivity contribution is 5.24. The summed E-state index contributed by atoms with van der Waals surface area (Å²) < 4.78 is 13.5. The van der Waals surface area contributed by atoms with Gasteiger partial charge in [-0.15, -0.1) is 0 Å². The van der Waals surface area contributed by atoms with Crippen LogP contribution in [0.5, 0.6) is 0 Å². The minimum absolute atomic E-state index is 0.0218. The SMILES string of the molecule is CCN(CC)C(C)(CC)C(NC)c1cccc(F)c1. The summed E-state index contributed by atoms with van der Waals surface area (Å²) in [4.78, 5) is 2.44. The molecule has 0 aliphatic carbocycles. The summed E-state index contributed by atoms with van der Waals surface area (Å²) in [6.07, 6.45) is 1.01. The normalized spacial score (nSPS) is 16.4. The lowest BCUT2D eigenvalue weighted by atomic mass is 9.83. The van der Waals surface area contributed by atoms with Crippen LogP contribution < -0.4 is 5.32 Å². The fraction of sp³-hybridized carbons (Fsp3) is 0.625. The van der Waals surface area contributed by atoms with Gasteiger partial charge in [-0.2, -0.15) is 0 Å². The largest absolute Gasteiger partial charge is 0.311 e. The molecule has 2 unspecified atom stereocenters. The predicted octanol–water partition coefficient (Wildman–Crippen LogP) is 3.60.